The van der Waals surface area contributed by atoms with E-state index in [0.717, 1.165) is 0 Å². The summed E-state index contributed by atoms with van der Waals surface area (Å²) in [6, 6.07) is 6.38. The maximum Gasteiger partial charge on any atom is 0.229 e. The van der Waals surface area contributed by atoms with Crippen LogP contribution in [0.25, 0.3) is 0 Å². The van der Waals surface area contributed by atoms with Crippen molar-refractivity contribution in [3.8, 4) is 5.75 Å². The van der Waals surface area contributed by atoms with E-state index in [0.29, 0.717) is 11.4 Å². The van der Waals surface area contributed by atoms with E-state index in [1.54, 1.807) is 24.3 Å². The molecule has 6 N–H and O–H groups in total. The number of rotatable bonds is 3. The van der Waals surface area contributed by atoms with Crippen LogP contribution < -0.4 is 10.5 Å². The normalized spacial score (nSPS) is 35.1. The first-order valence-electron chi connectivity index (χ1n) is 5.85. The molecule has 7 nitrogen and oxygen atoms in total. The van der Waals surface area contributed by atoms with Crippen molar-refractivity contribution in [2.45, 2.75) is 30.7 Å². The Bertz CT molecular complexity index is 409. The summed E-state index contributed by atoms with van der Waals surface area (Å²) >= 11 is 0. The second kappa shape index (κ2) is 5.72. The fourth-order valence-electron chi connectivity index (χ4n) is 1.85. The van der Waals surface area contributed by atoms with Gasteiger partial charge in [0.05, 0.1) is 6.61 Å². The fourth-order valence-corrected chi connectivity index (χ4v) is 1.85. The predicted molar refractivity (Wildman–Crippen MR) is 65.2 cm³/mol. The molecule has 106 valence electrons. The Morgan fingerprint density at radius 2 is 1.68 bits per heavy atom. The number of aliphatic hydroxyl groups is 4. The highest BCUT2D eigenvalue weighted by molar-refractivity contribution is 5.41. The molecule has 0 spiro atoms. The third kappa shape index (κ3) is 2.96. The molecule has 0 aliphatic carbocycles. The number of ether oxygens (including phenoxy) is 2. The maximum absolute atomic E-state index is 9.77. The minimum absolute atomic E-state index is 0.388. The molecule has 0 bridgehead atoms. The lowest BCUT2D eigenvalue weighted by atomic mass is 9.99. The van der Waals surface area contributed by atoms with Gasteiger partial charge >= 0.3 is 0 Å². The van der Waals surface area contributed by atoms with Crippen molar-refractivity contribution in [3.05, 3.63) is 24.3 Å². The maximum atomic E-state index is 9.77. The van der Waals surface area contributed by atoms with Gasteiger partial charge in [0.2, 0.25) is 6.29 Å². The first-order chi connectivity index (χ1) is 9.02. The number of aliphatic hydroxyl groups excluding tert-OH is 4. The lowest BCUT2D eigenvalue weighted by molar-refractivity contribution is -0.277. The van der Waals surface area contributed by atoms with Crippen LogP contribution in [-0.2, 0) is 4.74 Å². The van der Waals surface area contributed by atoms with Gasteiger partial charge in [-0.05, 0) is 24.3 Å². The molecule has 0 radical (unpaired) electrons. The summed E-state index contributed by atoms with van der Waals surface area (Å²) in [5.74, 6) is 0.388. The topological polar surface area (TPSA) is 125 Å². The highest BCUT2D eigenvalue weighted by Gasteiger charge is 2.44. The summed E-state index contributed by atoms with van der Waals surface area (Å²) in [6.45, 7) is -0.494. The van der Waals surface area contributed by atoms with Crippen molar-refractivity contribution in [2.75, 3.05) is 12.3 Å². The van der Waals surface area contributed by atoms with Crippen LogP contribution in [-0.4, -0.2) is 57.7 Å². The van der Waals surface area contributed by atoms with Crippen molar-refractivity contribution < 1.29 is 29.9 Å². The molecule has 0 amide bonds. The van der Waals surface area contributed by atoms with Crippen LogP contribution >= 0.6 is 0 Å². The molecule has 1 aliphatic heterocycles. The SMILES string of the molecule is Nc1ccc(O[C@@H]2O[C@@H](CO)[C@@H](O)[C@H](O)[C@H]2O)cc1. The number of nitrogen functional groups attached to an aromatic ring is 1. The summed E-state index contributed by atoms with van der Waals surface area (Å²) in [6.07, 6.45) is -6.44. The minimum Gasteiger partial charge on any atom is -0.462 e. The molecule has 0 aromatic heterocycles. The molecule has 7 heteroatoms. The first kappa shape index (κ1) is 14.0. The first-order valence-corrected chi connectivity index (χ1v) is 5.85. The third-order valence-corrected chi connectivity index (χ3v) is 2.98. The van der Waals surface area contributed by atoms with E-state index in [4.69, 9.17) is 20.3 Å². The molecular formula is C12H17NO6. The molecule has 0 unspecified atom stereocenters. The molecule has 1 aromatic carbocycles. The van der Waals surface area contributed by atoms with Crippen LogP contribution in [0.15, 0.2) is 24.3 Å². The van der Waals surface area contributed by atoms with Crippen molar-refractivity contribution in [3.63, 3.8) is 0 Å². The molecular weight excluding hydrogens is 254 g/mol. The molecule has 0 saturated carbocycles. The van der Waals surface area contributed by atoms with Crippen molar-refractivity contribution in [1.82, 2.24) is 0 Å². The molecule has 2 rings (SSSR count). The van der Waals surface area contributed by atoms with Gasteiger partial charge in [-0.25, -0.2) is 0 Å². The Labute approximate surface area is 109 Å². The van der Waals surface area contributed by atoms with Gasteiger partial charge in [0, 0.05) is 5.69 Å². The van der Waals surface area contributed by atoms with Crippen LogP contribution in [0.5, 0.6) is 5.75 Å². The third-order valence-electron chi connectivity index (χ3n) is 2.98. The number of benzene rings is 1. The average molecular weight is 271 g/mol. The zero-order valence-electron chi connectivity index (χ0n) is 10.1. The van der Waals surface area contributed by atoms with Gasteiger partial charge in [0.25, 0.3) is 0 Å². The van der Waals surface area contributed by atoms with Gasteiger partial charge in [0.1, 0.15) is 30.2 Å². The van der Waals surface area contributed by atoms with Crippen LogP contribution in [0.2, 0.25) is 0 Å². The Hall–Kier alpha value is -1.38. The monoisotopic (exact) mass is 271 g/mol. The summed E-state index contributed by atoms with van der Waals surface area (Å²) in [4.78, 5) is 0. The van der Waals surface area contributed by atoms with Gasteiger partial charge in [-0.15, -0.1) is 0 Å². The largest absolute Gasteiger partial charge is 0.462 e. The minimum atomic E-state index is -1.45. The molecule has 5 atom stereocenters. The number of hydrogen-bond acceptors (Lipinski definition) is 7. The molecule has 1 heterocycles. The van der Waals surface area contributed by atoms with Gasteiger partial charge in [-0.1, -0.05) is 0 Å². The van der Waals surface area contributed by atoms with Crippen LogP contribution in [0.4, 0.5) is 5.69 Å². The predicted octanol–water partition coefficient (Wildman–Crippen LogP) is -1.55. The van der Waals surface area contributed by atoms with Gasteiger partial charge < -0.3 is 35.6 Å². The fraction of sp³-hybridized carbons (Fsp3) is 0.500. The zero-order chi connectivity index (χ0) is 14.0. The van der Waals surface area contributed by atoms with Crippen molar-refractivity contribution in [1.29, 1.82) is 0 Å². The van der Waals surface area contributed by atoms with E-state index >= 15 is 0 Å². The van der Waals surface area contributed by atoms with E-state index < -0.39 is 37.3 Å². The average Bonchev–Trinajstić information content (AvgIpc) is 2.42. The smallest absolute Gasteiger partial charge is 0.229 e. The molecule has 1 saturated heterocycles. The molecule has 19 heavy (non-hydrogen) atoms. The van der Waals surface area contributed by atoms with Gasteiger partial charge in [-0.3, -0.25) is 0 Å². The number of nitrogens with two attached hydrogens (primary N) is 1. The number of anilines is 1. The highest BCUT2D eigenvalue weighted by Crippen LogP contribution is 2.24. The second-order valence-electron chi connectivity index (χ2n) is 4.38. The van der Waals surface area contributed by atoms with Crippen LogP contribution in [0.1, 0.15) is 0 Å². The summed E-state index contributed by atoms with van der Waals surface area (Å²) in [7, 11) is 0. The number of hydrogen-bond donors (Lipinski definition) is 5. The van der Waals surface area contributed by atoms with Gasteiger partial charge in [0.15, 0.2) is 0 Å². The summed E-state index contributed by atoms with van der Waals surface area (Å²) in [5.41, 5.74) is 6.09. The van der Waals surface area contributed by atoms with Crippen molar-refractivity contribution >= 4 is 5.69 Å². The van der Waals surface area contributed by atoms with E-state index in [-0.39, 0.29) is 0 Å². The Morgan fingerprint density at radius 1 is 1.05 bits per heavy atom. The second-order valence-corrected chi connectivity index (χ2v) is 4.38. The molecule has 1 aliphatic rings. The highest BCUT2D eigenvalue weighted by atomic mass is 16.7. The van der Waals surface area contributed by atoms with E-state index in [1.165, 1.54) is 0 Å². The summed E-state index contributed by atoms with van der Waals surface area (Å²) < 4.78 is 10.6. The quantitative estimate of drug-likeness (QED) is 0.421. The van der Waals surface area contributed by atoms with Crippen LogP contribution in [0.3, 0.4) is 0 Å². The van der Waals surface area contributed by atoms with Gasteiger partial charge in [-0.2, -0.15) is 0 Å². The standard InChI is InChI=1S/C12H17NO6/c13-6-1-3-7(4-2-6)18-12-11(17)10(16)9(15)8(5-14)19-12/h1-4,8-12,14-17H,5,13H2/t8-,9+,10-,11+,12+/m0/s1. The summed E-state index contributed by atoms with van der Waals surface area (Å²) in [5, 5.41) is 38.0. The Kier molecular flexibility index (Phi) is 4.23. The van der Waals surface area contributed by atoms with E-state index in [9.17, 15) is 15.3 Å². The van der Waals surface area contributed by atoms with E-state index in [1.807, 2.05) is 0 Å². The molecule has 1 fully saturated rings. The lowest BCUT2D eigenvalue weighted by Gasteiger charge is -2.39. The Morgan fingerprint density at radius 3 is 2.26 bits per heavy atom. The zero-order valence-corrected chi connectivity index (χ0v) is 10.1. The van der Waals surface area contributed by atoms with Crippen LogP contribution in [0, 0.1) is 0 Å². The lowest BCUT2D eigenvalue weighted by Crippen LogP contribution is -2.60. The van der Waals surface area contributed by atoms with Crippen molar-refractivity contribution in [2.24, 2.45) is 0 Å². The van der Waals surface area contributed by atoms with E-state index in [2.05, 4.69) is 0 Å². The Balaban J connectivity index is 2.08. The molecule has 1 aromatic rings.